The molecule has 1 aliphatic carbocycles. The first-order valence-electron chi connectivity index (χ1n) is 5.91. The maximum absolute atomic E-state index is 9.85. The van der Waals surface area contributed by atoms with Crippen LogP contribution < -0.4 is 5.32 Å². The van der Waals surface area contributed by atoms with Crippen molar-refractivity contribution in [2.24, 2.45) is 5.41 Å². The largest absolute Gasteiger partial charge is 0.391 e. The zero-order chi connectivity index (χ0) is 10.6. The van der Waals surface area contributed by atoms with E-state index in [4.69, 9.17) is 0 Å². The number of aliphatic hydroxyl groups is 1. The Balaban J connectivity index is 2.19. The number of hydrogen-bond donors (Lipinski definition) is 2. The Hall–Kier alpha value is -0.0800. The predicted molar refractivity (Wildman–Crippen MR) is 60.3 cm³/mol. The summed E-state index contributed by atoms with van der Waals surface area (Å²) in [5, 5.41) is 13.3. The minimum Gasteiger partial charge on any atom is -0.391 e. The van der Waals surface area contributed by atoms with Crippen molar-refractivity contribution < 1.29 is 5.11 Å². The standard InChI is InChI=1S/C12H25NO/c1-12(2,3)11(14)9-13-10-7-5-4-6-8-10/h10-11,13-14H,4-9H2,1-3H3. The summed E-state index contributed by atoms with van der Waals surface area (Å²) in [6, 6.07) is 0.653. The van der Waals surface area contributed by atoms with Gasteiger partial charge >= 0.3 is 0 Å². The quantitative estimate of drug-likeness (QED) is 0.731. The van der Waals surface area contributed by atoms with Crippen LogP contribution in [-0.2, 0) is 0 Å². The van der Waals surface area contributed by atoms with Gasteiger partial charge in [-0.05, 0) is 18.3 Å². The molecule has 1 fully saturated rings. The molecule has 1 aliphatic rings. The summed E-state index contributed by atoms with van der Waals surface area (Å²) >= 11 is 0. The lowest BCUT2D eigenvalue weighted by Gasteiger charge is -2.29. The van der Waals surface area contributed by atoms with E-state index in [2.05, 4.69) is 26.1 Å². The molecule has 1 unspecified atom stereocenters. The zero-order valence-electron chi connectivity index (χ0n) is 9.84. The molecule has 0 aromatic carbocycles. The fourth-order valence-electron chi connectivity index (χ4n) is 1.89. The first kappa shape index (κ1) is 12.0. The average molecular weight is 199 g/mol. The van der Waals surface area contributed by atoms with Gasteiger partial charge in [0.25, 0.3) is 0 Å². The fourth-order valence-corrected chi connectivity index (χ4v) is 1.89. The molecule has 2 N–H and O–H groups in total. The summed E-state index contributed by atoms with van der Waals surface area (Å²) in [6.07, 6.45) is 6.43. The third-order valence-electron chi connectivity index (χ3n) is 3.20. The van der Waals surface area contributed by atoms with Gasteiger partial charge in [-0.2, -0.15) is 0 Å². The van der Waals surface area contributed by atoms with E-state index in [1.807, 2.05) is 0 Å². The Bertz CT molecular complexity index is 156. The topological polar surface area (TPSA) is 32.3 Å². The Kier molecular flexibility index (Phi) is 4.39. The van der Waals surface area contributed by atoms with E-state index in [0.717, 1.165) is 6.54 Å². The summed E-state index contributed by atoms with van der Waals surface area (Å²) in [5.74, 6) is 0. The molecule has 2 heteroatoms. The molecular formula is C12H25NO. The van der Waals surface area contributed by atoms with Crippen LogP contribution in [-0.4, -0.2) is 23.8 Å². The summed E-state index contributed by atoms with van der Waals surface area (Å²) < 4.78 is 0. The molecule has 2 nitrogen and oxygen atoms in total. The van der Waals surface area contributed by atoms with Crippen molar-refractivity contribution in [3.05, 3.63) is 0 Å². The molecule has 0 aromatic heterocycles. The molecule has 0 amide bonds. The summed E-state index contributed by atoms with van der Waals surface area (Å²) in [7, 11) is 0. The van der Waals surface area contributed by atoms with E-state index < -0.39 is 0 Å². The van der Waals surface area contributed by atoms with Gasteiger partial charge < -0.3 is 10.4 Å². The van der Waals surface area contributed by atoms with Crippen molar-refractivity contribution in [2.45, 2.75) is 65.0 Å². The molecule has 1 rings (SSSR count). The summed E-state index contributed by atoms with van der Waals surface area (Å²) in [4.78, 5) is 0. The SMILES string of the molecule is CC(C)(C)C(O)CNC1CCCCC1. The molecule has 84 valence electrons. The molecule has 0 aliphatic heterocycles. The van der Waals surface area contributed by atoms with Gasteiger partial charge in [-0.15, -0.1) is 0 Å². The highest BCUT2D eigenvalue weighted by Gasteiger charge is 2.23. The molecule has 1 atom stereocenters. The second kappa shape index (κ2) is 5.13. The van der Waals surface area contributed by atoms with E-state index in [0.29, 0.717) is 6.04 Å². The van der Waals surface area contributed by atoms with Gasteiger partial charge in [0.2, 0.25) is 0 Å². The minimum absolute atomic E-state index is 0.00165. The van der Waals surface area contributed by atoms with Crippen LogP contribution >= 0.6 is 0 Å². The average Bonchev–Trinajstić information content (AvgIpc) is 2.14. The van der Waals surface area contributed by atoms with E-state index >= 15 is 0 Å². The van der Waals surface area contributed by atoms with Crippen molar-refractivity contribution in [1.29, 1.82) is 0 Å². The van der Waals surface area contributed by atoms with Crippen LogP contribution in [0, 0.1) is 5.41 Å². The zero-order valence-corrected chi connectivity index (χ0v) is 9.84. The number of hydrogen-bond acceptors (Lipinski definition) is 2. The molecule has 0 radical (unpaired) electrons. The van der Waals surface area contributed by atoms with Crippen LogP contribution in [0.4, 0.5) is 0 Å². The van der Waals surface area contributed by atoms with Gasteiger partial charge in [-0.1, -0.05) is 40.0 Å². The van der Waals surface area contributed by atoms with E-state index in [1.54, 1.807) is 0 Å². The third kappa shape index (κ3) is 3.97. The lowest BCUT2D eigenvalue weighted by atomic mass is 9.88. The van der Waals surface area contributed by atoms with Crippen LogP contribution in [0.3, 0.4) is 0 Å². The molecule has 0 heterocycles. The smallest absolute Gasteiger partial charge is 0.0712 e. The Labute approximate surface area is 88.1 Å². The Morgan fingerprint density at radius 1 is 1.21 bits per heavy atom. The lowest BCUT2D eigenvalue weighted by Crippen LogP contribution is -2.41. The van der Waals surface area contributed by atoms with Crippen molar-refractivity contribution in [3.8, 4) is 0 Å². The van der Waals surface area contributed by atoms with Crippen LogP contribution in [0.25, 0.3) is 0 Å². The third-order valence-corrected chi connectivity index (χ3v) is 3.20. The van der Waals surface area contributed by atoms with Crippen molar-refractivity contribution in [2.75, 3.05) is 6.54 Å². The van der Waals surface area contributed by atoms with Crippen LogP contribution in [0.1, 0.15) is 52.9 Å². The van der Waals surface area contributed by atoms with Crippen LogP contribution in [0.5, 0.6) is 0 Å². The van der Waals surface area contributed by atoms with Crippen LogP contribution in [0.2, 0.25) is 0 Å². The molecule has 0 spiro atoms. The maximum atomic E-state index is 9.85. The van der Waals surface area contributed by atoms with Gasteiger partial charge in [0.05, 0.1) is 6.10 Å². The first-order valence-corrected chi connectivity index (χ1v) is 5.91. The predicted octanol–water partition coefficient (Wildman–Crippen LogP) is 2.32. The minimum atomic E-state index is -0.232. The fraction of sp³-hybridized carbons (Fsp3) is 1.00. The Morgan fingerprint density at radius 2 is 1.79 bits per heavy atom. The second-order valence-corrected chi connectivity index (χ2v) is 5.63. The first-order chi connectivity index (χ1) is 6.50. The molecule has 0 saturated heterocycles. The maximum Gasteiger partial charge on any atom is 0.0712 e. The van der Waals surface area contributed by atoms with E-state index in [1.165, 1.54) is 32.1 Å². The lowest BCUT2D eigenvalue weighted by molar-refractivity contribution is 0.0591. The number of rotatable bonds is 3. The highest BCUT2D eigenvalue weighted by molar-refractivity contribution is 4.78. The normalized spacial score (nSPS) is 22.3. The van der Waals surface area contributed by atoms with Crippen molar-refractivity contribution >= 4 is 0 Å². The van der Waals surface area contributed by atoms with Gasteiger partial charge in [0.15, 0.2) is 0 Å². The molecular weight excluding hydrogens is 174 g/mol. The van der Waals surface area contributed by atoms with E-state index in [9.17, 15) is 5.11 Å². The highest BCUT2D eigenvalue weighted by atomic mass is 16.3. The monoisotopic (exact) mass is 199 g/mol. The molecule has 14 heavy (non-hydrogen) atoms. The van der Waals surface area contributed by atoms with Gasteiger partial charge in [0.1, 0.15) is 0 Å². The van der Waals surface area contributed by atoms with Gasteiger partial charge in [0, 0.05) is 12.6 Å². The summed E-state index contributed by atoms with van der Waals surface area (Å²) in [5.41, 5.74) is 0.00165. The van der Waals surface area contributed by atoms with Crippen LogP contribution in [0.15, 0.2) is 0 Å². The number of nitrogens with one attached hydrogen (secondary N) is 1. The molecule has 1 saturated carbocycles. The van der Waals surface area contributed by atoms with Crippen molar-refractivity contribution in [3.63, 3.8) is 0 Å². The van der Waals surface area contributed by atoms with Gasteiger partial charge in [-0.25, -0.2) is 0 Å². The molecule has 0 bridgehead atoms. The summed E-state index contributed by atoms with van der Waals surface area (Å²) in [6.45, 7) is 6.99. The second-order valence-electron chi connectivity index (χ2n) is 5.63. The highest BCUT2D eigenvalue weighted by Crippen LogP contribution is 2.20. The van der Waals surface area contributed by atoms with Gasteiger partial charge in [-0.3, -0.25) is 0 Å². The number of aliphatic hydroxyl groups excluding tert-OH is 1. The van der Waals surface area contributed by atoms with E-state index in [-0.39, 0.29) is 11.5 Å². The Morgan fingerprint density at radius 3 is 2.29 bits per heavy atom. The van der Waals surface area contributed by atoms with Crippen molar-refractivity contribution in [1.82, 2.24) is 5.32 Å². The molecule has 0 aromatic rings.